The first-order chi connectivity index (χ1) is 7.43. The van der Waals surface area contributed by atoms with E-state index in [0.29, 0.717) is 0 Å². The molecule has 0 amide bonds. The summed E-state index contributed by atoms with van der Waals surface area (Å²) >= 11 is 0. The molecule has 0 aromatic carbocycles. The van der Waals surface area contributed by atoms with Crippen molar-refractivity contribution < 1.29 is 18.5 Å². The van der Waals surface area contributed by atoms with Gasteiger partial charge in [-0.3, -0.25) is 9.05 Å². The second-order valence-electron chi connectivity index (χ2n) is 4.33. The molecule has 0 saturated carbocycles. The van der Waals surface area contributed by atoms with E-state index in [4.69, 9.17) is 9.05 Å². The maximum atomic E-state index is 11.6. The summed E-state index contributed by atoms with van der Waals surface area (Å²) in [6, 6.07) is 0. The monoisotopic (exact) mass is 252 g/mol. The summed E-state index contributed by atoms with van der Waals surface area (Å²) < 4.78 is 21.7. The highest BCUT2D eigenvalue weighted by Gasteiger charge is 2.27. The highest BCUT2D eigenvalue weighted by molar-refractivity contribution is 7.47. The first kappa shape index (κ1) is 16.1. The number of rotatable bonds is 9. The number of phosphoric acid groups is 1. The van der Waals surface area contributed by atoms with Crippen LogP contribution < -0.4 is 0 Å². The molecule has 0 aliphatic rings. The average molecular weight is 252 g/mol. The van der Waals surface area contributed by atoms with Crippen LogP contribution in [-0.4, -0.2) is 17.6 Å². The summed E-state index contributed by atoms with van der Waals surface area (Å²) in [6.07, 6.45) is 3.20. The lowest BCUT2D eigenvalue weighted by atomic mass is 10.0. The Morgan fingerprint density at radius 3 is 2.31 bits per heavy atom. The van der Waals surface area contributed by atoms with Crippen molar-refractivity contribution in [3.05, 3.63) is 0 Å². The van der Waals surface area contributed by atoms with Gasteiger partial charge < -0.3 is 4.89 Å². The average Bonchev–Trinajstić information content (AvgIpc) is 2.17. The Hall–Kier alpha value is 0.110. The van der Waals surface area contributed by atoms with Gasteiger partial charge in [0.2, 0.25) is 0 Å². The van der Waals surface area contributed by atoms with Crippen LogP contribution in [0.1, 0.15) is 53.4 Å². The molecule has 0 aliphatic carbocycles. The summed E-state index contributed by atoms with van der Waals surface area (Å²) in [6.45, 7) is 8.26. The van der Waals surface area contributed by atoms with Crippen molar-refractivity contribution in [2.24, 2.45) is 5.92 Å². The van der Waals surface area contributed by atoms with Crippen LogP contribution in [0.2, 0.25) is 0 Å². The normalized spacial score (nSPS) is 17.4. The summed E-state index contributed by atoms with van der Waals surface area (Å²) in [4.78, 5) is 9.50. The lowest BCUT2D eigenvalue weighted by Crippen LogP contribution is -2.19. The van der Waals surface area contributed by atoms with Crippen LogP contribution in [0.4, 0.5) is 0 Å². The van der Waals surface area contributed by atoms with Gasteiger partial charge in [0, 0.05) is 0 Å². The van der Waals surface area contributed by atoms with E-state index >= 15 is 0 Å². The molecule has 0 rings (SSSR count). The van der Waals surface area contributed by atoms with Gasteiger partial charge in [0.25, 0.3) is 0 Å². The van der Waals surface area contributed by atoms with E-state index in [1.165, 1.54) is 0 Å². The topological polar surface area (TPSA) is 55.8 Å². The first-order valence-electron chi connectivity index (χ1n) is 6.08. The SMILES string of the molecule is CCCCOP(=O)(O)OC(CCC)C(C)C. The number of unbranched alkanes of at least 4 members (excludes halogenated alkanes) is 1. The Morgan fingerprint density at radius 1 is 1.25 bits per heavy atom. The fourth-order valence-corrected chi connectivity index (χ4v) is 2.43. The molecule has 5 heteroatoms. The van der Waals surface area contributed by atoms with Crippen molar-refractivity contribution in [3.63, 3.8) is 0 Å². The van der Waals surface area contributed by atoms with E-state index in [1.807, 2.05) is 27.7 Å². The predicted octanol–water partition coefficient (Wildman–Crippen LogP) is 3.74. The number of hydrogen-bond donors (Lipinski definition) is 1. The van der Waals surface area contributed by atoms with Gasteiger partial charge in [0.15, 0.2) is 0 Å². The molecule has 1 N–H and O–H groups in total. The van der Waals surface area contributed by atoms with Gasteiger partial charge in [-0.15, -0.1) is 0 Å². The Bertz CT molecular complexity index is 218. The van der Waals surface area contributed by atoms with Gasteiger partial charge >= 0.3 is 7.82 Å². The minimum atomic E-state index is -3.86. The van der Waals surface area contributed by atoms with Gasteiger partial charge in [-0.25, -0.2) is 4.57 Å². The van der Waals surface area contributed by atoms with E-state index in [0.717, 1.165) is 25.7 Å². The van der Waals surface area contributed by atoms with E-state index in [1.54, 1.807) is 0 Å². The second kappa shape index (κ2) is 8.24. The molecule has 2 atom stereocenters. The van der Waals surface area contributed by atoms with Crippen molar-refractivity contribution in [2.75, 3.05) is 6.61 Å². The number of phosphoric ester groups is 1. The smallest absolute Gasteiger partial charge is 0.302 e. The lowest BCUT2D eigenvalue weighted by molar-refractivity contribution is 0.0725. The van der Waals surface area contributed by atoms with E-state index in [2.05, 4.69) is 0 Å². The van der Waals surface area contributed by atoms with Crippen LogP contribution in [0.3, 0.4) is 0 Å². The van der Waals surface area contributed by atoms with Crippen molar-refractivity contribution in [2.45, 2.75) is 59.5 Å². The highest BCUT2D eigenvalue weighted by atomic mass is 31.2. The Kier molecular flexibility index (Phi) is 8.29. The lowest BCUT2D eigenvalue weighted by Gasteiger charge is -2.23. The third-order valence-electron chi connectivity index (χ3n) is 2.34. The van der Waals surface area contributed by atoms with E-state index in [9.17, 15) is 9.46 Å². The van der Waals surface area contributed by atoms with Crippen LogP contribution in [0.15, 0.2) is 0 Å². The van der Waals surface area contributed by atoms with Crippen LogP contribution in [0.5, 0.6) is 0 Å². The maximum absolute atomic E-state index is 11.6. The van der Waals surface area contributed by atoms with Crippen molar-refractivity contribution in [1.82, 2.24) is 0 Å². The molecular weight excluding hydrogens is 227 g/mol. The van der Waals surface area contributed by atoms with Gasteiger partial charge in [-0.05, 0) is 18.8 Å². The molecule has 98 valence electrons. The molecule has 0 aromatic heterocycles. The number of hydrogen-bond acceptors (Lipinski definition) is 3. The van der Waals surface area contributed by atoms with Gasteiger partial charge in [0.05, 0.1) is 12.7 Å². The Labute approximate surface area is 99.0 Å². The summed E-state index contributed by atoms with van der Waals surface area (Å²) in [5, 5.41) is 0. The standard InChI is InChI=1S/C11H25O4P/c1-5-7-9-14-16(12,13)15-11(8-6-2)10(3)4/h10-11H,5-9H2,1-4H3,(H,12,13). The molecule has 0 saturated heterocycles. The third-order valence-corrected chi connectivity index (χ3v) is 3.38. The van der Waals surface area contributed by atoms with Crippen LogP contribution in [0.25, 0.3) is 0 Å². The van der Waals surface area contributed by atoms with Gasteiger partial charge in [-0.1, -0.05) is 40.5 Å². The zero-order valence-electron chi connectivity index (χ0n) is 10.8. The van der Waals surface area contributed by atoms with Crippen LogP contribution >= 0.6 is 7.82 Å². The van der Waals surface area contributed by atoms with Crippen molar-refractivity contribution in [1.29, 1.82) is 0 Å². The molecule has 0 bridgehead atoms. The molecular formula is C11H25O4P. The quantitative estimate of drug-likeness (QED) is 0.501. The van der Waals surface area contributed by atoms with E-state index < -0.39 is 7.82 Å². The Balaban J connectivity index is 4.13. The predicted molar refractivity (Wildman–Crippen MR) is 65.3 cm³/mol. The fraction of sp³-hybridized carbons (Fsp3) is 1.00. The molecule has 16 heavy (non-hydrogen) atoms. The fourth-order valence-electron chi connectivity index (χ4n) is 1.32. The van der Waals surface area contributed by atoms with Gasteiger partial charge in [0.1, 0.15) is 0 Å². The zero-order valence-corrected chi connectivity index (χ0v) is 11.7. The van der Waals surface area contributed by atoms with Crippen molar-refractivity contribution >= 4 is 7.82 Å². The first-order valence-corrected chi connectivity index (χ1v) is 7.58. The second-order valence-corrected chi connectivity index (χ2v) is 5.74. The minimum absolute atomic E-state index is 0.206. The molecule has 0 radical (unpaired) electrons. The zero-order chi connectivity index (χ0) is 12.6. The molecule has 0 fully saturated rings. The minimum Gasteiger partial charge on any atom is -0.302 e. The van der Waals surface area contributed by atoms with Gasteiger partial charge in [-0.2, -0.15) is 0 Å². The summed E-state index contributed by atoms with van der Waals surface area (Å²) in [7, 11) is -3.86. The Morgan fingerprint density at radius 2 is 1.88 bits per heavy atom. The molecule has 0 aliphatic heterocycles. The van der Waals surface area contributed by atoms with Crippen molar-refractivity contribution in [3.8, 4) is 0 Å². The maximum Gasteiger partial charge on any atom is 0.472 e. The largest absolute Gasteiger partial charge is 0.472 e. The molecule has 0 heterocycles. The molecule has 0 spiro atoms. The summed E-state index contributed by atoms with van der Waals surface area (Å²) in [5.74, 6) is 0.218. The van der Waals surface area contributed by atoms with E-state index in [-0.39, 0.29) is 18.6 Å². The van der Waals surface area contributed by atoms with Crippen LogP contribution in [0, 0.1) is 5.92 Å². The molecule has 4 nitrogen and oxygen atoms in total. The highest BCUT2D eigenvalue weighted by Crippen LogP contribution is 2.46. The third kappa shape index (κ3) is 7.39. The molecule has 2 unspecified atom stereocenters. The summed E-state index contributed by atoms with van der Waals surface area (Å²) in [5.41, 5.74) is 0. The van der Waals surface area contributed by atoms with Crippen LogP contribution in [-0.2, 0) is 13.6 Å². The molecule has 0 aromatic rings.